The second-order valence-corrected chi connectivity index (χ2v) is 11.4. The van der Waals surface area contributed by atoms with E-state index in [1.165, 1.54) is 22.3 Å². The van der Waals surface area contributed by atoms with Gasteiger partial charge in [-0.25, -0.2) is 4.98 Å². The molecule has 1 unspecified atom stereocenters. The number of nitrogens with zero attached hydrogens (tertiary/aromatic N) is 3. The fourth-order valence-corrected chi connectivity index (χ4v) is 6.54. The third-order valence-corrected chi connectivity index (χ3v) is 8.99. The molecule has 7 heteroatoms. The molecular weight excluding hydrogens is 502 g/mol. The van der Waals surface area contributed by atoms with Crippen molar-refractivity contribution in [3.63, 3.8) is 0 Å². The summed E-state index contributed by atoms with van der Waals surface area (Å²) >= 11 is 0. The van der Waals surface area contributed by atoms with Gasteiger partial charge in [0.05, 0.1) is 11.6 Å². The highest BCUT2D eigenvalue weighted by atomic mass is 16.5. The molecule has 1 atom stereocenters. The van der Waals surface area contributed by atoms with Crippen LogP contribution in [-0.4, -0.2) is 59.8 Å². The van der Waals surface area contributed by atoms with E-state index in [-0.39, 0.29) is 5.92 Å². The number of carboxylic acids is 1. The molecule has 7 nitrogen and oxygen atoms in total. The number of ether oxygens (including phenoxy) is 2. The number of para-hydroxylation sites is 1. The number of rotatable bonds is 7. The number of carbonyl (C=O) groups is 1. The molecule has 40 heavy (non-hydrogen) atoms. The standard InChI is InChI=1S/C33H39N3O4/c1-22-5-3-6-29(30-7-4-8-31(34-30)36-15-11-25(20-36)33(37)38)32(22)40-21-26-10-9-24-19-35(16-12-28(24)23(26)2)27-13-17-39-18-14-27/h3-10,25,27H,11-21H2,1-2H3,(H,37,38). The largest absolute Gasteiger partial charge is 0.488 e. The van der Waals surface area contributed by atoms with Crippen LogP contribution in [0.5, 0.6) is 5.75 Å². The van der Waals surface area contributed by atoms with Crippen LogP contribution in [0.3, 0.4) is 0 Å². The SMILES string of the molecule is Cc1cccc(-c2cccc(N3CCC(C(=O)O)C3)n2)c1OCc1ccc2c(c1C)CCN(C1CCOCC1)C2. The molecule has 0 saturated carbocycles. The number of aliphatic carboxylic acids is 1. The molecule has 1 aromatic heterocycles. The van der Waals surface area contributed by atoms with Crippen molar-refractivity contribution in [3.05, 3.63) is 76.3 Å². The van der Waals surface area contributed by atoms with E-state index in [9.17, 15) is 9.90 Å². The first-order chi connectivity index (χ1) is 19.5. The van der Waals surface area contributed by atoms with Gasteiger partial charge in [-0.15, -0.1) is 0 Å². The summed E-state index contributed by atoms with van der Waals surface area (Å²) in [6, 6.07) is 17.3. The van der Waals surface area contributed by atoms with E-state index >= 15 is 0 Å². The second-order valence-electron chi connectivity index (χ2n) is 11.4. The Hall–Kier alpha value is -3.42. The maximum atomic E-state index is 11.5. The average molecular weight is 542 g/mol. The lowest BCUT2D eigenvalue weighted by atomic mass is 9.90. The smallest absolute Gasteiger partial charge is 0.308 e. The molecule has 2 fully saturated rings. The number of aryl methyl sites for hydroxylation is 1. The molecule has 3 aliphatic heterocycles. The Morgan fingerprint density at radius 2 is 1.88 bits per heavy atom. The molecule has 1 N–H and O–H groups in total. The Balaban J connectivity index is 1.19. The molecule has 6 rings (SSSR count). The lowest BCUT2D eigenvalue weighted by Gasteiger charge is -2.38. The number of carboxylic acid groups (broad SMARTS) is 1. The minimum Gasteiger partial charge on any atom is -0.488 e. The van der Waals surface area contributed by atoms with Gasteiger partial charge in [0.2, 0.25) is 0 Å². The number of hydrogen-bond donors (Lipinski definition) is 1. The summed E-state index contributed by atoms with van der Waals surface area (Å²) in [5.74, 6) is 0.587. The summed E-state index contributed by atoms with van der Waals surface area (Å²) in [6.07, 6.45) is 4.00. The third kappa shape index (κ3) is 5.45. The fraction of sp³-hybridized carbons (Fsp3) is 0.455. The first kappa shape index (κ1) is 26.8. The summed E-state index contributed by atoms with van der Waals surface area (Å²) in [7, 11) is 0. The van der Waals surface area contributed by atoms with Gasteiger partial charge in [0.15, 0.2) is 0 Å². The van der Waals surface area contributed by atoms with Crippen LogP contribution in [0.1, 0.15) is 47.1 Å². The van der Waals surface area contributed by atoms with Crippen molar-refractivity contribution in [2.45, 2.75) is 58.7 Å². The normalized spacial score (nSPS) is 19.9. The zero-order chi connectivity index (χ0) is 27.6. The molecular formula is C33H39N3O4. The highest BCUT2D eigenvalue weighted by Gasteiger charge is 2.29. The predicted molar refractivity (Wildman–Crippen MR) is 156 cm³/mol. The molecule has 0 aliphatic carbocycles. The van der Waals surface area contributed by atoms with E-state index < -0.39 is 5.97 Å². The number of pyridine rings is 1. The van der Waals surface area contributed by atoms with Crippen molar-refractivity contribution in [2.75, 3.05) is 37.7 Å². The van der Waals surface area contributed by atoms with Crippen LogP contribution >= 0.6 is 0 Å². The van der Waals surface area contributed by atoms with Gasteiger partial charge in [-0.2, -0.15) is 0 Å². The van der Waals surface area contributed by atoms with Crippen molar-refractivity contribution in [1.29, 1.82) is 0 Å². The Morgan fingerprint density at radius 1 is 1.05 bits per heavy atom. The van der Waals surface area contributed by atoms with Crippen molar-refractivity contribution in [1.82, 2.24) is 9.88 Å². The monoisotopic (exact) mass is 541 g/mol. The lowest BCUT2D eigenvalue weighted by Crippen LogP contribution is -2.42. The first-order valence-electron chi connectivity index (χ1n) is 14.6. The van der Waals surface area contributed by atoms with Gasteiger partial charge in [0.1, 0.15) is 18.2 Å². The molecule has 3 aliphatic rings. The second kappa shape index (κ2) is 11.6. The summed E-state index contributed by atoms with van der Waals surface area (Å²) in [5, 5.41) is 9.41. The fourth-order valence-electron chi connectivity index (χ4n) is 6.54. The molecule has 210 valence electrons. The van der Waals surface area contributed by atoms with Gasteiger partial charge in [0.25, 0.3) is 0 Å². The van der Waals surface area contributed by atoms with E-state index in [4.69, 9.17) is 14.5 Å². The topological polar surface area (TPSA) is 75.1 Å². The van der Waals surface area contributed by atoms with Crippen molar-refractivity contribution in [3.8, 4) is 17.0 Å². The Morgan fingerprint density at radius 3 is 2.67 bits per heavy atom. The van der Waals surface area contributed by atoms with Crippen LogP contribution in [0.15, 0.2) is 48.5 Å². The number of hydrogen-bond acceptors (Lipinski definition) is 6. The van der Waals surface area contributed by atoms with Crippen LogP contribution in [0.4, 0.5) is 5.82 Å². The molecule has 2 aromatic carbocycles. The van der Waals surface area contributed by atoms with Crippen LogP contribution in [-0.2, 0) is 29.1 Å². The van der Waals surface area contributed by atoms with Crippen LogP contribution in [0, 0.1) is 19.8 Å². The van der Waals surface area contributed by atoms with Crippen molar-refractivity contribution >= 4 is 11.8 Å². The van der Waals surface area contributed by atoms with Gasteiger partial charge in [-0.3, -0.25) is 9.69 Å². The van der Waals surface area contributed by atoms with E-state index in [0.717, 1.165) is 74.0 Å². The van der Waals surface area contributed by atoms with E-state index in [1.54, 1.807) is 0 Å². The maximum absolute atomic E-state index is 11.5. The minimum atomic E-state index is -0.734. The van der Waals surface area contributed by atoms with Crippen LogP contribution in [0.2, 0.25) is 0 Å². The van der Waals surface area contributed by atoms with Gasteiger partial charge >= 0.3 is 5.97 Å². The average Bonchev–Trinajstić information content (AvgIpc) is 3.49. The quantitative estimate of drug-likeness (QED) is 0.430. The lowest BCUT2D eigenvalue weighted by molar-refractivity contribution is -0.140. The third-order valence-electron chi connectivity index (χ3n) is 8.99. The molecule has 4 heterocycles. The number of fused-ring (bicyclic) bond motifs is 1. The van der Waals surface area contributed by atoms with E-state index in [0.29, 0.717) is 32.2 Å². The maximum Gasteiger partial charge on any atom is 0.308 e. The molecule has 2 saturated heterocycles. The van der Waals surface area contributed by atoms with Crippen molar-refractivity contribution in [2.24, 2.45) is 5.92 Å². The Bertz CT molecular complexity index is 1380. The highest BCUT2D eigenvalue weighted by molar-refractivity contribution is 5.73. The van der Waals surface area contributed by atoms with Crippen LogP contribution in [0.25, 0.3) is 11.3 Å². The molecule has 0 amide bonds. The summed E-state index contributed by atoms with van der Waals surface area (Å²) in [4.78, 5) is 21.1. The van der Waals surface area contributed by atoms with Gasteiger partial charge in [-0.05, 0) is 85.5 Å². The molecule has 0 bridgehead atoms. The number of benzene rings is 2. The number of anilines is 1. The van der Waals surface area contributed by atoms with Gasteiger partial charge < -0.3 is 19.5 Å². The predicted octanol–water partition coefficient (Wildman–Crippen LogP) is 5.39. The summed E-state index contributed by atoms with van der Waals surface area (Å²) < 4.78 is 12.1. The molecule has 3 aromatic rings. The number of aromatic nitrogens is 1. The summed E-state index contributed by atoms with van der Waals surface area (Å²) in [6.45, 7) is 9.92. The highest BCUT2D eigenvalue weighted by Crippen LogP contribution is 2.35. The first-order valence-corrected chi connectivity index (χ1v) is 14.6. The zero-order valence-corrected chi connectivity index (χ0v) is 23.6. The van der Waals surface area contributed by atoms with Crippen molar-refractivity contribution < 1.29 is 19.4 Å². The Labute approximate surface area is 236 Å². The van der Waals surface area contributed by atoms with Crippen LogP contribution < -0.4 is 9.64 Å². The van der Waals surface area contributed by atoms with Gasteiger partial charge in [-0.1, -0.05) is 30.3 Å². The Kier molecular flexibility index (Phi) is 7.76. The van der Waals surface area contributed by atoms with E-state index in [1.807, 2.05) is 24.3 Å². The molecule has 0 radical (unpaired) electrons. The minimum absolute atomic E-state index is 0.340. The summed E-state index contributed by atoms with van der Waals surface area (Å²) in [5.41, 5.74) is 8.37. The zero-order valence-electron chi connectivity index (χ0n) is 23.6. The molecule has 0 spiro atoms. The van der Waals surface area contributed by atoms with Gasteiger partial charge in [0, 0.05) is 51.0 Å². The van der Waals surface area contributed by atoms with E-state index in [2.05, 4.69) is 47.9 Å².